The van der Waals surface area contributed by atoms with Crippen LogP contribution in [-0.4, -0.2) is 37.8 Å². The molecular weight excluding hydrogens is 449 g/mol. The van der Waals surface area contributed by atoms with Crippen LogP contribution in [0.1, 0.15) is 5.56 Å². The maximum absolute atomic E-state index is 15.1. The van der Waals surface area contributed by atoms with Crippen LogP contribution in [0, 0.1) is 5.82 Å². The van der Waals surface area contributed by atoms with Gasteiger partial charge in [-0.05, 0) is 36.2 Å². The molecule has 8 heteroatoms. The molecule has 0 spiro atoms. The average molecular weight is 474 g/mol. The minimum Gasteiger partial charge on any atom is -0.493 e. The molecular formula is C27H24FN3O4. The van der Waals surface area contributed by atoms with Crippen LogP contribution in [0.3, 0.4) is 0 Å². The van der Waals surface area contributed by atoms with Gasteiger partial charge in [0.2, 0.25) is 0 Å². The first-order chi connectivity index (χ1) is 17.1. The van der Waals surface area contributed by atoms with Crippen molar-refractivity contribution in [2.45, 2.75) is 12.5 Å². The number of carbonyl (C=O) groups is 1. The molecule has 1 aromatic heterocycles. The lowest BCUT2D eigenvalue weighted by atomic mass is 10.1. The molecule has 4 aromatic rings. The van der Waals surface area contributed by atoms with Gasteiger partial charge in [0, 0.05) is 35.9 Å². The van der Waals surface area contributed by atoms with Gasteiger partial charge in [-0.1, -0.05) is 30.3 Å². The Morgan fingerprint density at radius 2 is 1.74 bits per heavy atom. The molecule has 1 aliphatic rings. The number of halogens is 1. The Balaban J connectivity index is 1.36. The van der Waals surface area contributed by atoms with Crippen molar-refractivity contribution in [1.29, 1.82) is 0 Å². The number of nitrogens with zero attached hydrogens (tertiary/aromatic N) is 2. The van der Waals surface area contributed by atoms with E-state index in [-0.39, 0.29) is 17.8 Å². The molecule has 0 aliphatic carbocycles. The summed E-state index contributed by atoms with van der Waals surface area (Å²) in [6, 6.07) is 19.3. The molecule has 35 heavy (non-hydrogen) atoms. The third kappa shape index (κ3) is 4.55. The van der Waals surface area contributed by atoms with E-state index < -0.39 is 5.82 Å². The number of pyridine rings is 1. The molecule has 1 fully saturated rings. The van der Waals surface area contributed by atoms with Crippen molar-refractivity contribution in [2.75, 3.05) is 25.7 Å². The lowest BCUT2D eigenvalue weighted by molar-refractivity contribution is 0.251. The second-order valence-electron chi connectivity index (χ2n) is 8.20. The SMILES string of the molecule is COc1cc2nccc(Oc3ccc(N4CC(Cc5ccccc5)NC4=O)cc3F)c2cc1OC. The van der Waals surface area contributed by atoms with E-state index in [1.807, 2.05) is 30.3 Å². The third-order valence-electron chi connectivity index (χ3n) is 5.95. The van der Waals surface area contributed by atoms with Crippen molar-refractivity contribution < 1.29 is 23.4 Å². The highest BCUT2D eigenvalue weighted by atomic mass is 19.1. The standard InChI is InChI=1S/C27H24FN3O4/c1-33-25-14-20-22(15-26(25)34-2)29-11-10-23(20)35-24-9-8-19(13-21(24)28)31-16-18(30-27(31)32)12-17-6-4-3-5-7-17/h3-11,13-15,18H,12,16H2,1-2H3,(H,30,32). The van der Waals surface area contributed by atoms with Gasteiger partial charge in [-0.2, -0.15) is 0 Å². The number of hydrogen-bond donors (Lipinski definition) is 1. The molecule has 1 saturated heterocycles. The number of ether oxygens (including phenoxy) is 3. The van der Waals surface area contributed by atoms with Crippen LogP contribution < -0.4 is 24.4 Å². The fourth-order valence-electron chi connectivity index (χ4n) is 4.23. The molecule has 1 atom stereocenters. The van der Waals surface area contributed by atoms with Gasteiger partial charge < -0.3 is 19.5 Å². The van der Waals surface area contributed by atoms with Crippen LogP contribution in [0.25, 0.3) is 10.9 Å². The molecule has 3 aromatic carbocycles. The number of carbonyl (C=O) groups excluding carboxylic acids is 1. The van der Waals surface area contributed by atoms with E-state index in [1.165, 1.54) is 19.2 Å². The summed E-state index contributed by atoms with van der Waals surface area (Å²) in [5, 5.41) is 3.62. The highest BCUT2D eigenvalue weighted by Crippen LogP contribution is 2.38. The lowest BCUT2D eigenvalue weighted by Gasteiger charge is -2.17. The Labute approximate surface area is 202 Å². The van der Waals surface area contributed by atoms with Crippen LogP contribution in [0.2, 0.25) is 0 Å². The molecule has 2 amide bonds. The van der Waals surface area contributed by atoms with Gasteiger partial charge in [0.25, 0.3) is 0 Å². The monoisotopic (exact) mass is 473 g/mol. The summed E-state index contributed by atoms with van der Waals surface area (Å²) in [6.07, 6.45) is 2.29. The highest BCUT2D eigenvalue weighted by molar-refractivity contribution is 5.94. The van der Waals surface area contributed by atoms with Crippen molar-refractivity contribution in [3.8, 4) is 23.0 Å². The molecule has 0 saturated carbocycles. The molecule has 2 heterocycles. The van der Waals surface area contributed by atoms with E-state index in [1.54, 1.807) is 42.5 Å². The van der Waals surface area contributed by atoms with Gasteiger partial charge >= 0.3 is 6.03 Å². The summed E-state index contributed by atoms with van der Waals surface area (Å²) < 4.78 is 31.7. The van der Waals surface area contributed by atoms with Gasteiger partial charge in [0.15, 0.2) is 23.1 Å². The minimum absolute atomic E-state index is 0.0384. The maximum Gasteiger partial charge on any atom is 0.322 e. The first kappa shape index (κ1) is 22.5. The number of urea groups is 1. The average Bonchev–Trinajstić information content (AvgIpc) is 3.24. The van der Waals surface area contributed by atoms with Crippen LogP contribution >= 0.6 is 0 Å². The molecule has 0 bridgehead atoms. The number of rotatable bonds is 7. The Hall–Kier alpha value is -4.33. The van der Waals surface area contributed by atoms with Gasteiger partial charge in [-0.25, -0.2) is 9.18 Å². The largest absolute Gasteiger partial charge is 0.493 e. The number of methoxy groups -OCH3 is 2. The second kappa shape index (κ2) is 9.50. The summed E-state index contributed by atoms with van der Waals surface area (Å²) >= 11 is 0. The lowest BCUT2D eigenvalue weighted by Crippen LogP contribution is -2.29. The van der Waals surface area contributed by atoms with Gasteiger partial charge in [-0.15, -0.1) is 0 Å². The summed E-state index contributed by atoms with van der Waals surface area (Å²) in [6.45, 7) is 0.448. The quantitative estimate of drug-likeness (QED) is 0.393. The Morgan fingerprint density at radius 1 is 0.971 bits per heavy atom. The number of nitrogens with one attached hydrogen (secondary N) is 1. The smallest absolute Gasteiger partial charge is 0.322 e. The van der Waals surface area contributed by atoms with Crippen LogP contribution in [-0.2, 0) is 6.42 Å². The zero-order valence-electron chi connectivity index (χ0n) is 19.3. The van der Waals surface area contributed by atoms with Gasteiger partial charge in [-0.3, -0.25) is 9.88 Å². The molecule has 1 unspecified atom stereocenters. The molecule has 1 N–H and O–H groups in total. The van der Waals surface area contributed by atoms with Crippen molar-refractivity contribution in [2.24, 2.45) is 0 Å². The number of anilines is 1. The second-order valence-corrected chi connectivity index (χ2v) is 8.20. The molecule has 1 aliphatic heterocycles. The summed E-state index contributed by atoms with van der Waals surface area (Å²) in [7, 11) is 3.09. The summed E-state index contributed by atoms with van der Waals surface area (Å²) in [5.74, 6) is 0.932. The van der Waals surface area contributed by atoms with Crippen LogP contribution in [0.4, 0.5) is 14.9 Å². The predicted molar refractivity (Wildman–Crippen MR) is 131 cm³/mol. The van der Waals surface area contributed by atoms with Gasteiger partial charge in [0.1, 0.15) is 5.75 Å². The number of fused-ring (bicyclic) bond motifs is 1. The van der Waals surface area contributed by atoms with E-state index in [9.17, 15) is 4.79 Å². The van der Waals surface area contributed by atoms with Crippen molar-refractivity contribution in [3.05, 3.63) is 84.3 Å². The molecule has 7 nitrogen and oxygen atoms in total. The van der Waals surface area contributed by atoms with Crippen molar-refractivity contribution >= 4 is 22.6 Å². The first-order valence-corrected chi connectivity index (χ1v) is 11.2. The van der Waals surface area contributed by atoms with Crippen LogP contribution in [0.15, 0.2) is 72.9 Å². The number of amides is 2. The van der Waals surface area contributed by atoms with E-state index in [4.69, 9.17) is 14.2 Å². The number of hydrogen-bond acceptors (Lipinski definition) is 5. The van der Waals surface area contributed by atoms with Crippen molar-refractivity contribution in [1.82, 2.24) is 10.3 Å². The topological polar surface area (TPSA) is 72.9 Å². The van der Waals surface area contributed by atoms with Gasteiger partial charge in [0.05, 0.1) is 25.8 Å². The summed E-state index contributed by atoms with van der Waals surface area (Å²) in [4.78, 5) is 18.4. The fraction of sp³-hybridized carbons (Fsp3) is 0.185. The molecule has 5 rings (SSSR count). The Morgan fingerprint density at radius 3 is 2.49 bits per heavy atom. The third-order valence-corrected chi connectivity index (χ3v) is 5.95. The zero-order valence-corrected chi connectivity index (χ0v) is 19.3. The van der Waals surface area contributed by atoms with E-state index in [2.05, 4.69) is 10.3 Å². The summed E-state index contributed by atoms with van der Waals surface area (Å²) in [5.41, 5.74) is 2.22. The maximum atomic E-state index is 15.1. The van der Waals surface area contributed by atoms with Crippen LogP contribution in [0.5, 0.6) is 23.0 Å². The minimum atomic E-state index is -0.577. The Kier molecular flexibility index (Phi) is 6.10. The molecule has 0 radical (unpaired) electrons. The zero-order chi connectivity index (χ0) is 24.4. The van der Waals surface area contributed by atoms with E-state index >= 15 is 4.39 Å². The van der Waals surface area contributed by atoms with Crippen molar-refractivity contribution in [3.63, 3.8) is 0 Å². The van der Waals surface area contributed by atoms with E-state index in [0.717, 1.165) is 5.56 Å². The van der Waals surface area contributed by atoms with E-state index in [0.29, 0.717) is 46.8 Å². The normalized spacial score (nSPS) is 15.2. The number of benzene rings is 3. The Bertz CT molecular complexity index is 1380. The number of aromatic nitrogens is 1. The predicted octanol–water partition coefficient (Wildman–Crippen LogP) is 5.32. The fourth-order valence-corrected chi connectivity index (χ4v) is 4.23. The first-order valence-electron chi connectivity index (χ1n) is 11.2. The highest BCUT2D eigenvalue weighted by Gasteiger charge is 2.30. The molecule has 178 valence electrons.